The van der Waals surface area contributed by atoms with E-state index in [0.717, 1.165) is 22.6 Å². The molecule has 1 N–H and O–H groups in total. The van der Waals surface area contributed by atoms with Crippen molar-refractivity contribution in [2.45, 2.75) is 70.5 Å². The zero-order valence-corrected chi connectivity index (χ0v) is 20.7. The van der Waals surface area contributed by atoms with E-state index in [0.29, 0.717) is 25.1 Å². The molecule has 5 nitrogen and oxygen atoms in total. The molecule has 6 heteroatoms. The third-order valence-corrected chi connectivity index (χ3v) is 6.49. The zero-order valence-electron chi connectivity index (χ0n) is 19.9. The van der Waals surface area contributed by atoms with E-state index in [-0.39, 0.29) is 17.9 Å². The van der Waals surface area contributed by atoms with Gasteiger partial charge in [0.15, 0.2) is 0 Å². The van der Waals surface area contributed by atoms with Crippen LogP contribution in [0.3, 0.4) is 0 Å². The van der Waals surface area contributed by atoms with Crippen LogP contribution in [0.25, 0.3) is 0 Å². The zero-order chi connectivity index (χ0) is 23.5. The van der Waals surface area contributed by atoms with Crippen molar-refractivity contribution in [3.05, 3.63) is 59.7 Å². The third-order valence-electron chi connectivity index (χ3n) is 5.48. The Morgan fingerprint density at radius 2 is 1.81 bits per heavy atom. The van der Waals surface area contributed by atoms with Crippen LogP contribution in [-0.2, 0) is 16.1 Å². The Labute approximate surface area is 196 Å². The Morgan fingerprint density at radius 3 is 2.44 bits per heavy atom. The van der Waals surface area contributed by atoms with Crippen LogP contribution < -0.4 is 10.1 Å². The van der Waals surface area contributed by atoms with Crippen LogP contribution in [0.2, 0.25) is 0 Å². The molecule has 2 atom stereocenters. The number of nitrogens with one attached hydrogen (secondary N) is 1. The number of carbonyl (C=O) groups is 2. The van der Waals surface area contributed by atoms with Gasteiger partial charge >= 0.3 is 0 Å². The highest BCUT2D eigenvalue weighted by atomic mass is 32.2. The van der Waals surface area contributed by atoms with Gasteiger partial charge in [0, 0.05) is 29.7 Å². The number of carbonyl (C=O) groups excluding carboxylic acids is 2. The Hall–Kier alpha value is -2.47. The SMILES string of the molecule is CCC(C)NC(=O)C(CC)N(Cc1cccc(OC)c1)C(=O)CCSc1ccc(C)cc1. The van der Waals surface area contributed by atoms with E-state index in [2.05, 4.69) is 36.5 Å². The van der Waals surface area contributed by atoms with E-state index in [1.165, 1.54) is 5.56 Å². The van der Waals surface area contributed by atoms with Crippen LogP contribution in [0, 0.1) is 6.92 Å². The van der Waals surface area contributed by atoms with Crippen molar-refractivity contribution in [2.75, 3.05) is 12.9 Å². The van der Waals surface area contributed by atoms with E-state index >= 15 is 0 Å². The maximum absolute atomic E-state index is 13.3. The second-order valence-electron chi connectivity index (χ2n) is 8.03. The van der Waals surface area contributed by atoms with E-state index in [4.69, 9.17) is 4.74 Å². The van der Waals surface area contributed by atoms with Crippen molar-refractivity contribution in [3.63, 3.8) is 0 Å². The number of hydrogen-bond acceptors (Lipinski definition) is 4. The molecule has 0 bridgehead atoms. The lowest BCUT2D eigenvalue weighted by molar-refractivity contribution is -0.141. The molecule has 174 valence electrons. The maximum Gasteiger partial charge on any atom is 0.243 e. The van der Waals surface area contributed by atoms with Crippen LogP contribution in [0.5, 0.6) is 5.75 Å². The van der Waals surface area contributed by atoms with Crippen LogP contribution in [-0.4, -0.2) is 41.7 Å². The van der Waals surface area contributed by atoms with Gasteiger partial charge in [0.25, 0.3) is 0 Å². The lowest BCUT2D eigenvalue weighted by atomic mass is 10.1. The molecule has 0 aliphatic rings. The number of hydrogen-bond donors (Lipinski definition) is 1. The molecular formula is C26H36N2O3S. The van der Waals surface area contributed by atoms with Crippen molar-refractivity contribution < 1.29 is 14.3 Å². The van der Waals surface area contributed by atoms with Gasteiger partial charge in [-0.05, 0) is 56.5 Å². The number of thioether (sulfide) groups is 1. The Bertz CT molecular complexity index is 870. The van der Waals surface area contributed by atoms with Crippen molar-refractivity contribution >= 4 is 23.6 Å². The van der Waals surface area contributed by atoms with E-state index < -0.39 is 6.04 Å². The summed E-state index contributed by atoms with van der Waals surface area (Å²) in [6.07, 6.45) is 1.78. The average molecular weight is 457 g/mol. The van der Waals surface area contributed by atoms with Gasteiger partial charge in [-0.3, -0.25) is 9.59 Å². The highest BCUT2D eigenvalue weighted by molar-refractivity contribution is 7.99. The largest absolute Gasteiger partial charge is 0.497 e. The minimum atomic E-state index is -0.507. The van der Waals surface area contributed by atoms with Crippen LogP contribution in [0.1, 0.15) is 51.2 Å². The number of aryl methyl sites for hydroxylation is 1. The van der Waals surface area contributed by atoms with Crippen molar-refractivity contribution in [1.82, 2.24) is 10.2 Å². The summed E-state index contributed by atoms with van der Waals surface area (Å²) < 4.78 is 5.33. The number of nitrogens with zero attached hydrogens (tertiary/aromatic N) is 1. The molecule has 0 heterocycles. The summed E-state index contributed by atoms with van der Waals surface area (Å²) in [7, 11) is 1.62. The van der Waals surface area contributed by atoms with Crippen molar-refractivity contribution in [3.8, 4) is 5.75 Å². The third kappa shape index (κ3) is 7.90. The molecule has 0 aliphatic carbocycles. The normalized spacial score (nSPS) is 12.7. The molecule has 2 amide bonds. The van der Waals surface area contributed by atoms with Crippen molar-refractivity contribution in [1.29, 1.82) is 0 Å². The highest BCUT2D eigenvalue weighted by Gasteiger charge is 2.29. The van der Waals surface area contributed by atoms with Gasteiger partial charge < -0.3 is 15.0 Å². The second-order valence-corrected chi connectivity index (χ2v) is 9.19. The Morgan fingerprint density at radius 1 is 1.09 bits per heavy atom. The van der Waals surface area contributed by atoms with Gasteiger partial charge in [-0.25, -0.2) is 0 Å². The van der Waals surface area contributed by atoms with Gasteiger partial charge in [0.1, 0.15) is 11.8 Å². The smallest absolute Gasteiger partial charge is 0.243 e. The fourth-order valence-electron chi connectivity index (χ4n) is 3.36. The summed E-state index contributed by atoms with van der Waals surface area (Å²) in [6, 6.07) is 15.5. The molecule has 32 heavy (non-hydrogen) atoms. The number of amides is 2. The molecule has 2 aromatic carbocycles. The summed E-state index contributed by atoms with van der Waals surface area (Å²) in [4.78, 5) is 29.2. The first-order chi connectivity index (χ1) is 15.4. The summed E-state index contributed by atoms with van der Waals surface area (Å²) in [6.45, 7) is 8.40. The summed E-state index contributed by atoms with van der Waals surface area (Å²) in [5, 5.41) is 3.05. The van der Waals surface area contributed by atoms with Crippen molar-refractivity contribution in [2.24, 2.45) is 0 Å². The minimum Gasteiger partial charge on any atom is -0.497 e. The number of benzene rings is 2. The van der Waals surface area contributed by atoms with Crippen LogP contribution in [0.15, 0.2) is 53.4 Å². The second kappa shape index (κ2) is 13.2. The molecule has 0 aromatic heterocycles. The van der Waals surface area contributed by atoms with Crippen LogP contribution >= 0.6 is 11.8 Å². The number of ether oxygens (including phenoxy) is 1. The predicted octanol–water partition coefficient (Wildman–Crippen LogP) is 5.21. The van der Waals surface area contributed by atoms with E-state index in [9.17, 15) is 9.59 Å². The van der Waals surface area contributed by atoms with Gasteiger partial charge in [-0.1, -0.05) is 43.7 Å². The number of methoxy groups -OCH3 is 1. The molecule has 2 unspecified atom stereocenters. The van der Waals surface area contributed by atoms with Gasteiger partial charge in [-0.15, -0.1) is 11.8 Å². The first-order valence-corrected chi connectivity index (χ1v) is 12.3. The molecule has 0 spiro atoms. The molecule has 0 saturated heterocycles. The first kappa shape index (κ1) is 25.8. The quantitative estimate of drug-likeness (QED) is 0.446. The lowest BCUT2D eigenvalue weighted by Crippen LogP contribution is -2.50. The molecule has 0 fully saturated rings. The molecule has 2 aromatic rings. The molecule has 0 radical (unpaired) electrons. The lowest BCUT2D eigenvalue weighted by Gasteiger charge is -2.31. The monoisotopic (exact) mass is 456 g/mol. The number of rotatable bonds is 12. The summed E-state index contributed by atoms with van der Waals surface area (Å²) in [5.41, 5.74) is 2.16. The summed E-state index contributed by atoms with van der Waals surface area (Å²) in [5.74, 6) is 1.30. The minimum absolute atomic E-state index is 0.0152. The Kier molecular flexibility index (Phi) is 10.6. The average Bonchev–Trinajstić information content (AvgIpc) is 2.80. The molecule has 0 aliphatic heterocycles. The highest BCUT2D eigenvalue weighted by Crippen LogP contribution is 2.22. The molecule has 2 rings (SSSR count). The predicted molar refractivity (Wildman–Crippen MR) is 132 cm³/mol. The van der Waals surface area contributed by atoms with Gasteiger partial charge in [0.2, 0.25) is 11.8 Å². The first-order valence-electron chi connectivity index (χ1n) is 11.3. The summed E-state index contributed by atoms with van der Waals surface area (Å²) >= 11 is 1.66. The topological polar surface area (TPSA) is 58.6 Å². The van der Waals surface area contributed by atoms with Crippen LogP contribution in [0.4, 0.5) is 0 Å². The molecule has 0 saturated carbocycles. The van der Waals surface area contributed by atoms with Gasteiger partial charge in [-0.2, -0.15) is 0 Å². The fraction of sp³-hybridized carbons (Fsp3) is 0.462. The van der Waals surface area contributed by atoms with Gasteiger partial charge in [0.05, 0.1) is 7.11 Å². The maximum atomic E-state index is 13.3. The Balaban J connectivity index is 2.15. The van der Waals surface area contributed by atoms with E-state index in [1.54, 1.807) is 23.8 Å². The molecular weight excluding hydrogens is 420 g/mol. The van der Waals surface area contributed by atoms with E-state index in [1.807, 2.05) is 45.0 Å². The fourth-order valence-corrected chi connectivity index (χ4v) is 4.20. The standard InChI is InChI=1S/C26H36N2O3S/c1-6-20(4)27-26(30)24(7-2)28(18-21-9-8-10-22(17-21)31-5)25(29)15-16-32-23-13-11-19(3)12-14-23/h8-14,17,20,24H,6-7,15-16,18H2,1-5H3,(H,27,30).